The molecule has 1 aliphatic carbocycles. The van der Waals surface area contributed by atoms with Crippen LogP contribution in [0.3, 0.4) is 0 Å². The van der Waals surface area contributed by atoms with E-state index in [2.05, 4.69) is 30.9 Å². The summed E-state index contributed by atoms with van der Waals surface area (Å²) in [5, 5.41) is 0. The second-order valence-electron chi connectivity index (χ2n) is 6.99. The summed E-state index contributed by atoms with van der Waals surface area (Å²) in [6.07, 6.45) is 2.39. The monoisotopic (exact) mass is 302 g/mol. The van der Waals surface area contributed by atoms with Crippen molar-refractivity contribution in [2.45, 2.75) is 25.0 Å². The summed E-state index contributed by atoms with van der Waals surface area (Å²) in [7, 11) is 6.44. The maximum atomic E-state index is 12.5. The molecule has 3 rings (SSSR count). The van der Waals surface area contributed by atoms with Crippen LogP contribution < -0.4 is 0 Å². The second kappa shape index (κ2) is 6.39. The lowest BCUT2D eigenvalue weighted by atomic mass is 9.72. The van der Waals surface area contributed by atoms with E-state index in [0.29, 0.717) is 23.4 Å². The van der Waals surface area contributed by atoms with Crippen LogP contribution >= 0.6 is 0 Å². The van der Waals surface area contributed by atoms with Crippen LogP contribution in [0.1, 0.15) is 23.2 Å². The number of benzene rings is 1. The molecule has 0 N–H and O–H groups in total. The van der Waals surface area contributed by atoms with Crippen LogP contribution in [0.2, 0.25) is 0 Å². The summed E-state index contributed by atoms with van der Waals surface area (Å²) < 4.78 is 5.98. The summed E-state index contributed by atoms with van der Waals surface area (Å²) in [6, 6.07) is 9.84. The van der Waals surface area contributed by atoms with Crippen LogP contribution in [0.15, 0.2) is 30.3 Å². The standard InChI is InChI=1S/C18H26N2O2/c1-19(2)16-10-9-14-11-20(3)12-15(16)17(14)22-18(21)13-7-5-4-6-8-13/h4-8,14-17H,9-12H2,1-3H3. The largest absolute Gasteiger partial charge is 0.458 e. The molecule has 2 bridgehead atoms. The van der Waals surface area contributed by atoms with Crippen LogP contribution in [-0.2, 0) is 4.74 Å². The number of piperidine rings is 1. The summed E-state index contributed by atoms with van der Waals surface area (Å²) in [4.78, 5) is 17.1. The number of ether oxygens (including phenoxy) is 1. The van der Waals surface area contributed by atoms with Crippen molar-refractivity contribution in [3.8, 4) is 0 Å². The Morgan fingerprint density at radius 2 is 1.91 bits per heavy atom. The Kier molecular flexibility index (Phi) is 4.50. The molecule has 1 heterocycles. The fourth-order valence-corrected chi connectivity index (χ4v) is 4.18. The van der Waals surface area contributed by atoms with E-state index in [0.717, 1.165) is 19.5 Å². The van der Waals surface area contributed by atoms with Crippen LogP contribution in [0.4, 0.5) is 0 Å². The third-order valence-corrected chi connectivity index (χ3v) is 5.20. The molecule has 1 saturated heterocycles. The summed E-state index contributed by atoms with van der Waals surface area (Å²) in [6.45, 7) is 2.04. The minimum atomic E-state index is -0.176. The molecule has 0 aromatic heterocycles. The highest BCUT2D eigenvalue weighted by Crippen LogP contribution is 2.38. The minimum absolute atomic E-state index is 0.0463. The van der Waals surface area contributed by atoms with Crippen molar-refractivity contribution in [1.29, 1.82) is 0 Å². The normalized spacial score (nSPS) is 32.0. The third kappa shape index (κ3) is 3.03. The molecule has 1 aliphatic heterocycles. The molecule has 4 nitrogen and oxygen atoms in total. The van der Waals surface area contributed by atoms with Gasteiger partial charge < -0.3 is 14.5 Å². The van der Waals surface area contributed by atoms with Gasteiger partial charge in [-0.25, -0.2) is 4.79 Å². The zero-order valence-electron chi connectivity index (χ0n) is 13.7. The molecule has 1 aromatic carbocycles. The topological polar surface area (TPSA) is 32.8 Å². The summed E-state index contributed by atoms with van der Waals surface area (Å²) in [5.41, 5.74) is 0.654. The molecule has 4 heteroatoms. The van der Waals surface area contributed by atoms with Gasteiger partial charge in [0.2, 0.25) is 0 Å². The Morgan fingerprint density at radius 3 is 2.59 bits per heavy atom. The molecule has 2 fully saturated rings. The van der Waals surface area contributed by atoms with Crippen molar-refractivity contribution in [3.05, 3.63) is 35.9 Å². The Bertz CT molecular complexity index is 517. The van der Waals surface area contributed by atoms with E-state index in [4.69, 9.17) is 4.74 Å². The van der Waals surface area contributed by atoms with Gasteiger partial charge in [-0.3, -0.25) is 0 Å². The summed E-state index contributed by atoms with van der Waals surface area (Å²) >= 11 is 0. The van der Waals surface area contributed by atoms with E-state index >= 15 is 0 Å². The van der Waals surface area contributed by atoms with Crippen LogP contribution in [-0.4, -0.2) is 62.1 Å². The minimum Gasteiger partial charge on any atom is -0.458 e. The molecule has 22 heavy (non-hydrogen) atoms. The van der Waals surface area contributed by atoms with Gasteiger partial charge in [0.25, 0.3) is 0 Å². The van der Waals surface area contributed by atoms with E-state index < -0.39 is 0 Å². The lowest BCUT2D eigenvalue weighted by Crippen LogP contribution is -2.59. The van der Waals surface area contributed by atoms with Crippen LogP contribution in [0, 0.1) is 11.8 Å². The maximum Gasteiger partial charge on any atom is 0.338 e. The number of carbonyl (C=O) groups excluding carboxylic acids is 1. The number of hydrogen-bond donors (Lipinski definition) is 0. The molecule has 1 saturated carbocycles. The quantitative estimate of drug-likeness (QED) is 0.801. The molecule has 120 valence electrons. The number of rotatable bonds is 3. The molecule has 2 aliphatic rings. The first-order valence-electron chi connectivity index (χ1n) is 8.17. The first-order valence-corrected chi connectivity index (χ1v) is 8.17. The molecule has 1 aromatic rings. The number of nitrogens with zero attached hydrogens (tertiary/aromatic N) is 2. The molecule has 4 atom stereocenters. The van der Waals surface area contributed by atoms with Crippen molar-refractivity contribution >= 4 is 5.97 Å². The molecule has 0 radical (unpaired) electrons. The van der Waals surface area contributed by atoms with Crippen LogP contribution in [0.25, 0.3) is 0 Å². The fourth-order valence-electron chi connectivity index (χ4n) is 4.18. The third-order valence-electron chi connectivity index (χ3n) is 5.20. The number of carbonyl (C=O) groups is 1. The Hall–Kier alpha value is -1.39. The number of fused-ring (bicyclic) bond motifs is 2. The molecule has 0 amide bonds. The number of hydrogen-bond acceptors (Lipinski definition) is 4. The van der Waals surface area contributed by atoms with Gasteiger partial charge in [0.1, 0.15) is 6.10 Å². The molecular formula is C18H26N2O2. The van der Waals surface area contributed by atoms with E-state index in [1.165, 1.54) is 6.42 Å². The number of esters is 1. The van der Waals surface area contributed by atoms with Gasteiger partial charge >= 0.3 is 5.97 Å². The Balaban J connectivity index is 1.78. The molecule has 0 spiro atoms. The SMILES string of the molecule is CN1CC2CCC(N(C)C)C(C1)C2OC(=O)c1ccccc1. The van der Waals surface area contributed by atoms with E-state index in [1.54, 1.807) is 0 Å². The Labute approximate surface area is 133 Å². The van der Waals surface area contributed by atoms with E-state index in [9.17, 15) is 4.79 Å². The number of likely N-dealkylation sites (tertiary alicyclic amines) is 1. The van der Waals surface area contributed by atoms with Gasteiger partial charge in [-0.2, -0.15) is 0 Å². The zero-order valence-corrected chi connectivity index (χ0v) is 13.7. The van der Waals surface area contributed by atoms with Crippen molar-refractivity contribution in [2.24, 2.45) is 11.8 Å². The van der Waals surface area contributed by atoms with Gasteiger partial charge in [-0.05, 0) is 46.1 Å². The van der Waals surface area contributed by atoms with Gasteiger partial charge in [-0.15, -0.1) is 0 Å². The molecular weight excluding hydrogens is 276 g/mol. The lowest BCUT2D eigenvalue weighted by molar-refractivity contribution is -0.0873. The predicted octanol–water partition coefficient (Wildman–Crippen LogP) is 2.11. The zero-order chi connectivity index (χ0) is 15.7. The highest BCUT2D eigenvalue weighted by molar-refractivity contribution is 5.89. The van der Waals surface area contributed by atoms with E-state index in [-0.39, 0.29) is 12.1 Å². The first kappa shape index (κ1) is 15.5. The van der Waals surface area contributed by atoms with Gasteiger partial charge in [0.15, 0.2) is 0 Å². The Morgan fingerprint density at radius 1 is 1.18 bits per heavy atom. The lowest BCUT2D eigenvalue weighted by Gasteiger charge is -2.50. The van der Waals surface area contributed by atoms with Crippen molar-refractivity contribution < 1.29 is 9.53 Å². The van der Waals surface area contributed by atoms with Crippen molar-refractivity contribution in [1.82, 2.24) is 9.80 Å². The average molecular weight is 302 g/mol. The van der Waals surface area contributed by atoms with Crippen molar-refractivity contribution in [3.63, 3.8) is 0 Å². The maximum absolute atomic E-state index is 12.5. The highest BCUT2D eigenvalue weighted by Gasteiger charge is 2.46. The smallest absolute Gasteiger partial charge is 0.338 e. The van der Waals surface area contributed by atoms with Gasteiger partial charge in [0.05, 0.1) is 5.56 Å². The molecule has 4 unspecified atom stereocenters. The van der Waals surface area contributed by atoms with Crippen molar-refractivity contribution in [2.75, 3.05) is 34.2 Å². The summed E-state index contributed by atoms with van der Waals surface area (Å²) in [5.74, 6) is 0.692. The average Bonchev–Trinajstić information content (AvgIpc) is 2.49. The van der Waals surface area contributed by atoms with Crippen LogP contribution in [0.5, 0.6) is 0 Å². The van der Waals surface area contributed by atoms with Gasteiger partial charge in [-0.1, -0.05) is 18.2 Å². The fraction of sp³-hybridized carbons (Fsp3) is 0.611. The highest BCUT2D eigenvalue weighted by atomic mass is 16.5. The van der Waals surface area contributed by atoms with E-state index in [1.807, 2.05) is 30.3 Å². The predicted molar refractivity (Wildman–Crippen MR) is 86.8 cm³/mol. The first-order chi connectivity index (χ1) is 10.6. The van der Waals surface area contributed by atoms with Gasteiger partial charge in [0, 0.05) is 31.0 Å². The second-order valence-corrected chi connectivity index (χ2v) is 6.99.